The number of rotatable bonds is 12. The summed E-state index contributed by atoms with van der Waals surface area (Å²) in [7, 11) is 0. The highest BCUT2D eigenvalue weighted by molar-refractivity contribution is 6.35. The van der Waals surface area contributed by atoms with Crippen LogP contribution in [0.5, 0.6) is 0 Å². The lowest BCUT2D eigenvalue weighted by molar-refractivity contribution is -0.128. The molecule has 1 aliphatic rings. The summed E-state index contributed by atoms with van der Waals surface area (Å²) in [6, 6.07) is 21.3. The molecule has 4 aromatic carbocycles. The van der Waals surface area contributed by atoms with E-state index in [1.807, 2.05) is 6.07 Å². The van der Waals surface area contributed by atoms with E-state index in [4.69, 9.17) is 57.3 Å². The zero-order chi connectivity index (χ0) is 46.8. The van der Waals surface area contributed by atoms with E-state index in [0.717, 1.165) is 18.8 Å². The Hall–Kier alpha value is -7.14. The van der Waals surface area contributed by atoms with E-state index in [1.54, 1.807) is 61.5 Å². The Balaban J connectivity index is 0.000000252. The Kier molecular flexibility index (Phi) is 18.9. The van der Waals surface area contributed by atoms with Gasteiger partial charge in [0.25, 0.3) is 5.91 Å². The van der Waals surface area contributed by atoms with Crippen LogP contribution in [0.2, 0.25) is 10.0 Å². The van der Waals surface area contributed by atoms with E-state index in [1.165, 1.54) is 50.1 Å². The minimum atomic E-state index is -1.02. The molecule has 2 heterocycles. The van der Waals surface area contributed by atoms with E-state index < -0.39 is 35.9 Å². The highest BCUT2D eigenvalue weighted by atomic mass is 35.5. The van der Waals surface area contributed by atoms with Crippen LogP contribution in [0.15, 0.2) is 90.4 Å². The summed E-state index contributed by atoms with van der Waals surface area (Å²) in [6.45, 7) is 34.0. The zero-order valence-corrected chi connectivity index (χ0v) is 36.5. The SMILES string of the molecule is C1CCOC1.[C-]#[N+]c1ccc(-c2nnc([C@H](Cc3ccc([N+]#[C-])c(Cl)c3C=C)[C@H](C)O)o2)cc1.[C-]#[N+]c1ccc(C[C@@H](C(=O)NNC(=O)c2ccc(C#N)cc2)[C@H](C)O)c(C=C)c1Cl. The fourth-order valence-corrected chi connectivity index (χ4v) is 6.91. The molecule has 2 amide bonds. The smallest absolute Gasteiger partial charge is 0.269 e. The molecular formula is C48H44Cl2N8O6. The first-order valence-electron chi connectivity index (χ1n) is 19.8. The predicted octanol–water partition coefficient (Wildman–Crippen LogP) is 10.0. The van der Waals surface area contributed by atoms with Crippen LogP contribution in [0.4, 0.5) is 17.1 Å². The Morgan fingerprint density at radius 2 is 1.38 bits per heavy atom. The molecule has 16 heteroatoms. The van der Waals surface area contributed by atoms with Crippen LogP contribution in [0.25, 0.3) is 38.1 Å². The van der Waals surface area contributed by atoms with Gasteiger partial charge in [0, 0.05) is 24.3 Å². The molecule has 14 nitrogen and oxygen atoms in total. The van der Waals surface area contributed by atoms with Crippen LogP contribution in [-0.2, 0) is 22.4 Å². The molecule has 4 atom stereocenters. The number of ether oxygens (including phenoxy) is 1. The average Bonchev–Trinajstić information content (AvgIpc) is 4.06. The van der Waals surface area contributed by atoms with Crippen LogP contribution in [0.1, 0.15) is 76.7 Å². The van der Waals surface area contributed by atoms with Gasteiger partial charge in [-0.05, 0) is 86.1 Å². The number of nitriles is 1. The van der Waals surface area contributed by atoms with Gasteiger partial charge in [0.1, 0.15) is 0 Å². The maximum Gasteiger partial charge on any atom is 0.269 e. The van der Waals surface area contributed by atoms with Gasteiger partial charge in [0.05, 0.1) is 65.4 Å². The van der Waals surface area contributed by atoms with E-state index >= 15 is 0 Å². The second kappa shape index (κ2) is 24.5. The molecule has 1 aromatic heterocycles. The number of aliphatic hydroxyl groups is 2. The first-order chi connectivity index (χ1) is 30.8. The summed E-state index contributed by atoms with van der Waals surface area (Å²) in [5.74, 6) is -1.90. The second-order valence-electron chi connectivity index (χ2n) is 14.2. The molecular weight excluding hydrogens is 855 g/mol. The van der Waals surface area contributed by atoms with Gasteiger partial charge in [0.2, 0.25) is 29.1 Å². The maximum atomic E-state index is 12.6. The van der Waals surface area contributed by atoms with Crippen LogP contribution < -0.4 is 10.9 Å². The highest BCUT2D eigenvalue weighted by Gasteiger charge is 2.28. The van der Waals surface area contributed by atoms with Crippen molar-refractivity contribution in [1.29, 1.82) is 5.26 Å². The molecule has 0 saturated carbocycles. The van der Waals surface area contributed by atoms with Crippen molar-refractivity contribution >= 4 is 64.2 Å². The van der Waals surface area contributed by atoms with E-state index in [9.17, 15) is 19.8 Å². The Morgan fingerprint density at radius 3 is 1.83 bits per heavy atom. The summed E-state index contributed by atoms with van der Waals surface area (Å²) in [4.78, 5) is 34.9. The van der Waals surface area contributed by atoms with E-state index in [2.05, 4.69) is 48.7 Å². The lowest BCUT2D eigenvalue weighted by Gasteiger charge is -2.21. The Morgan fingerprint density at radius 1 is 0.812 bits per heavy atom. The fraction of sp³-hybridized carbons (Fsp3) is 0.250. The molecule has 1 fully saturated rings. The summed E-state index contributed by atoms with van der Waals surface area (Å²) in [5.41, 5.74) is 9.75. The minimum absolute atomic E-state index is 0.121. The molecule has 4 N–H and O–H groups in total. The molecule has 0 bridgehead atoms. The monoisotopic (exact) mass is 898 g/mol. The number of benzene rings is 4. The van der Waals surface area contributed by atoms with Gasteiger partial charge in [-0.1, -0.05) is 97.0 Å². The van der Waals surface area contributed by atoms with Crippen molar-refractivity contribution < 1.29 is 29.0 Å². The minimum Gasteiger partial charge on any atom is -0.420 e. The number of hydrogen-bond donors (Lipinski definition) is 4. The van der Waals surface area contributed by atoms with Crippen molar-refractivity contribution in [2.24, 2.45) is 5.92 Å². The van der Waals surface area contributed by atoms with Crippen molar-refractivity contribution in [3.05, 3.63) is 170 Å². The first kappa shape index (κ1) is 49.5. The fourth-order valence-electron chi connectivity index (χ4n) is 6.30. The maximum absolute atomic E-state index is 12.6. The first-order valence-corrected chi connectivity index (χ1v) is 20.5. The van der Waals surface area contributed by atoms with Gasteiger partial charge < -0.3 is 19.4 Å². The highest BCUT2D eigenvalue weighted by Crippen LogP contribution is 2.36. The lowest BCUT2D eigenvalue weighted by Crippen LogP contribution is -2.47. The van der Waals surface area contributed by atoms with Crippen LogP contribution in [0, 0.1) is 37.0 Å². The summed E-state index contributed by atoms with van der Waals surface area (Å²) in [5, 5.41) is 38.0. The van der Waals surface area contributed by atoms with Gasteiger partial charge in [-0.3, -0.25) is 20.4 Å². The van der Waals surface area contributed by atoms with Gasteiger partial charge in [-0.15, -0.1) is 10.2 Å². The van der Waals surface area contributed by atoms with Crippen molar-refractivity contribution in [1.82, 2.24) is 21.0 Å². The molecule has 0 unspecified atom stereocenters. The van der Waals surface area contributed by atoms with Crippen molar-refractivity contribution in [2.75, 3.05) is 13.2 Å². The number of halogens is 2. The quantitative estimate of drug-likeness (QED) is 0.0699. The van der Waals surface area contributed by atoms with Crippen molar-refractivity contribution in [2.45, 2.75) is 57.7 Å². The third kappa shape index (κ3) is 13.2. The zero-order valence-electron chi connectivity index (χ0n) is 35.0. The summed E-state index contributed by atoms with van der Waals surface area (Å²) in [6.07, 6.45) is 4.38. The normalized spacial score (nSPS) is 13.2. The van der Waals surface area contributed by atoms with E-state index in [-0.39, 0.29) is 22.7 Å². The summed E-state index contributed by atoms with van der Waals surface area (Å²) < 4.78 is 10.8. The van der Waals surface area contributed by atoms with Crippen LogP contribution in [-0.4, -0.2) is 57.6 Å². The Labute approximate surface area is 381 Å². The number of amides is 2. The van der Waals surface area contributed by atoms with Crippen LogP contribution in [0.3, 0.4) is 0 Å². The van der Waals surface area contributed by atoms with Crippen molar-refractivity contribution in [3.8, 4) is 17.5 Å². The molecule has 0 radical (unpaired) electrons. The predicted molar refractivity (Wildman–Crippen MR) is 245 cm³/mol. The molecule has 5 aromatic rings. The van der Waals surface area contributed by atoms with Crippen LogP contribution >= 0.6 is 23.2 Å². The number of aliphatic hydroxyl groups excluding tert-OH is 2. The molecule has 1 aliphatic heterocycles. The number of nitrogens with one attached hydrogen (secondary N) is 2. The van der Waals surface area contributed by atoms with Crippen molar-refractivity contribution in [3.63, 3.8) is 0 Å². The molecule has 0 spiro atoms. The van der Waals surface area contributed by atoms with Gasteiger partial charge in [0.15, 0.2) is 5.69 Å². The van der Waals surface area contributed by atoms with Gasteiger partial charge >= 0.3 is 0 Å². The number of nitrogens with zero attached hydrogens (tertiary/aromatic N) is 6. The van der Waals surface area contributed by atoms with Gasteiger partial charge in [-0.25, -0.2) is 14.5 Å². The molecule has 0 aliphatic carbocycles. The number of carbonyl (C=O) groups excluding carboxylic acids is 2. The molecule has 6 rings (SSSR count). The average molecular weight is 900 g/mol. The largest absolute Gasteiger partial charge is 0.420 e. The number of hydrogen-bond acceptors (Lipinski definition) is 9. The van der Waals surface area contributed by atoms with Gasteiger partial charge in [-0.2, -0.15) is 5.26 Å². The third-order valence-corrected chi connectivity index (χ3v) is 10.7. The second-order valence-corrected chi connectivity index (χ2v) is 15.0. The number of carbonyl (C=O) groups is 2. The topological polar surface area (TPSA) is 184 Å². The third-order valence-electron chi connectivity index (χ3n) is 9.93. The number of aromatic nitrogens is 2. The number of hydrazine groups is 1. The molecule has 64 heavy (non-hydrogen) atoms. The lowest BCUT2D eigenvalue weighted by atomic mass is 9.91. The standard InChI is InChI=1S/C22H19ClN4O3.C22H17ClN4O2.C4H8O/c1-4-17-16(9-10-19(25-3)20(17)23)11-18(13(2)28)22(30)27-26-21(29)15-7-5-14(12-24)6-8-15;1-5-17-15(8-11-19(25-4)20(17)23)12-18(13(2)28)22-27-26-21(29-22)14-6-9-16(24-3)10-7-14;1-2-4-5-3-1/h4-10,13,18,28H,1,11H2,2H3,(H,26,29)(H,27,30);5-11,13,18,28H,1,12H2,2H3;1-4H2/t2*13-,18+;/m00./s1. The van der Waals surface area contributed by atoms with E-state index in [0.29, 0.717) is 62.4 Å². The summed E-state index contributed by atoms with van der Waals surface area (Å²) >= 11 is 12.5. The molecule has 1 saturated heterocycles. The molecule has 326 valence electrons. The Bertz CT molecular complexity index is 2610.